The number of fused-ring (bicyclic) bond motifs is 3. The minimum Gasteiger partial charge on any atom is -0.394 e. The molecule has 4 saturated heterocycles. The highest BCUT2D eigenvalue weighted by Crippen LogP contribution is 2.66. The Morgan fingerprint density at radius 3 is 2.10 bits per heavy atom. The van der Waals surface area contributed by atoms with E-state index in [9.17, 15) is 35.4 Å². The molecule has 2 aliphatic carbocycles. The molecule has 0 aromatic carbocycles. The van der Waals surface area contributed by atoms with Crippen LogP contribution in [0.2, 0.25) is 0 Å². The number of hydrogen-bond acceptors (Lipinski definition) is 15. The molecule has 4 aliphatic heterocycles. The fourth-order valence-electron chi connectivity index (χ4n) is 12.2. The van der Waals surface area contributed by atoms with E-state index in [-0.39, 0.29) is 29.6 Å². The average Bonchev–Trinajstić information content (AvgIpc) is 3.79. The molecule has 0 aromatic rings. The number of aliphatic hydroxyl groups is 6. The van der Waals surface area contributed by atoms with Gasteiger partial charge in [0.1, 0.15) is 42.7 Å². The van der Waals surface area contributed by atoms with E-state index in [1.165, 1.54) is 19.6 Å². The van der Waals surface area contributed by atoms with Gasteiger partial charge < -0.3 is 74.8 Å². The van der Waals surface area contributed by atoms with Gasteiger partial charge >= 0.3 is 0 Å². The molecule has 19 unspecified atom stereocenters. The number of nitrogens with two attached hydrogens (primary N) is 1. The van der Waals surface area contributed by atoms with Gasteiger partial charge in [0, 0.05) is 14.0 Å². The second-order valence-electron chi connectivity index (χ2n) is 21.0. The van der Waals surface area contributed by atoms with Crippen LogP contribution in [0.5, 0.6) is 0 Å². The van der Waals surface area contributed by atoms with E-state index in [0.29, 0.717) is 37.5 Å². The third-order valence-electron chi connectivity index (χ3n) is 16.1. The Balaban J connectivity index is 1.03. The lowest BCUT2D eigenvalue weighted by molar-refractivity contribution is -0.317. The SMILES string of the molecule is C=C(CCC(O)C1(C)CCC(C(C)(C)OC2OC(COC)C(O)C(O)C2NC(C)=O)O1)C1CCC2C3(C)CCC(C(C)(C)OC4OC(CO)C(O)C(O)C4N)OC3CCC12C. The molecule has 0 aromatic heterocycles. The molecule has 61 heavy (non-hydrogen) atoms. The van der Waals surface area contributed by atoms with Crippen LogP contribution in [0.4, 0.5) is 0 Å². The van der Waals surface area contributed by atoms with Gasteiger partial charge in [0.2, 0.25) is 5.91 Å². The number of hydrogen-bond donors (Lipinski definition) is 8. The van der Waals surface area contributed by atoms with Crippen molar-refractivity contribution in [2.24, 2.45) is 28.4 Å². The normalized spacial score (nSPS) is 46.1. The number of methoxy groups -OCH3 is 1. The second kappa shape index (κ2) is 18.5. The molecule has 2 saturated carbocycles. The Hall–Kier alpha value is -1.35. The first-order valence-corrected chi connectivity index (χ1v) is 22.6. The van der Waals surface area contributed by atoms with E-state index in [1.807, 2.05) is 34.6 Å². The topological polar surface area (TPSA) is 241 Å². The fourth-order valence-corrected chi connectivity index (χ4v) is 12.2. The zero-order valence-electron chi connectivity index (χ0n) is 38.0. The summed E-state index contributed by atoms with van der Waals surface area (Å²) >= 11 is 0. The highest BCUT2D eigenvalue weighted by atomic mass is 16.7. The van der Waals surface area contributed by atoms with Crippen molar-refractivity contribution in [3.63, 3.8) is 0 Å². The molecule has 19 atom stereocenters. The third kappa shape index (κ3) is 9.51. The highest BCUT2D eigenvalue weighted by Gasteiger charge is 2.62. The summed E-state index contributed by atoms with van der Waals surface area (Å²) in [5.41, 5.74) is 4.78. The largest absolute Gasteiger partial charge is 0.394 e. The Morgan fingerprint density at radius 1 is 0.836 bits per heavy atom. The number of amides is 1. The van der Waals surface area contributed by atoms with Gasteiger partial charge in [-0.05, 0) is 121 Å². The maximum absolute atomic E-state index is 12.0. The predicted molar refractivity (Wildman–Crippen MR) is 223 cm³/mol. The lowest BCUT2D eigenvalue weighted by Crippen LogP contribution is -2.66. The molecular formula is C45H78N2O14. The summed E-state index contributed by atoms with van der Waals surface area (Å²) < 4.78 is 43.5. The Labute approximate surface area is 362 Å². The van der Waals surface area contributed by atoms with Gasteiger partial charge in [-0.2, -0.15) is 0 Å². The summed E-state index contributed by atoms with van der Waals surface area (Å²) in [6, 6.07) is -2.01. The Bertz CT molecular complexity index is 1530. The van der Waals surface area contributed by atoms with Crippen molar-refractivity contribution in [1.29, 1.82) is 0 Å². The monoisotopic (exact) mass is 871 g/mol. The Morgan fingerprint density at radius 2 is 1.44 bits per heavy atom. The summed E-state index contributed by atoms with van der Waals surface area (Å²) in [6.45, 7) is 19.9. The van der Waals surface area contributed by atoms with Crippen LogP contribution in [0.3, 0.4) is 0 Å². The van der Waals surface area contributed by atoms with Gasteiger partial charge in [-0.15, -0.1) is 0 Å². The summed E-state index contributed by atoms with van der Waals surface area (Å²) in [5.74, 6) is 0.338. The van der Waals surface area contributed by atoms with Crippen LogP contribution >= 0.6 is 0 Å². The average molecular weight is 871 g/mol. The zero-order chi connectivity index (χ0) is 45.0. The first kappa shape index (κ1) is 49.1. The van der Waals surface area contributed by atoms with Gasteiger partial charge in [0.25, 0.3) is 0 Å². The molecule has 0 bridgehead atoms. The number of allylic oxidation sites excluding steroid dienone is 1. The van der Waals surface area contributed by atoms with Crippen LogP contribution in [0, 0.1) is 22.7 Å². The van der Waals surface area contributed by atoms with Crippen LogP contribution in [-0.4, -0.2) is 159 Å². The van der Waals surface area contributed by atoms with E-state index in [0.717, 1.165) is 38.5 Å². The molecule has 16 heteroatoms. The summed E-state index contributed by atoms with van der Waals surface area (Å²) in [7, 11) is 1.47. The fraction of sp³-hybridized carbons (Fsp3) is 0.933. The molecular weight excluding hydrogens is 792 g/mol. The molecule has 0 radical (unpaired) electrons. The van der Waals surface area contributed by atoms with E-state index < -0.39 is 103 Å². The minimum atomic E-state index is -1.35. The van der Waals surface area contributed by atoms with E-state index >= 15 is 0 Å². The van der Waals surface area contributed by atoms with Crippen molar-refractivity contribution in [2.45, 2.75) is 222 Å². The number of carbonyl (C=O) groups excluding carboxylic acids is 1. The molecule has 352 valence electrons. The molecule has 4 heterocycles. The van der Waals surface area contributed by atoms with E-state index in [2.05, 4.69) is 25.7 Å². The number of ether oxygens (including phenoxy) is 7. The maximum atomic E-state index is 12.0. The molecule has 6 fully saturated rings. The van der Waals surface area contributed by atoms with Crippen molar-refractivity contribution >= 4 is 5.91 Å². The van der Waals surface area contributed by atoms with Crippen LogP contribution in [0.15, 0.2) is 12.2 Å². The second-order valence-corrected chi connectivity index (χ2v) is 21.0. The standard InChI is InChI=1S/C45H78N2O14/c1-23(11-14-29(50)45(9)20-17-31(59-45)42(5,6)61-40-34(47-24(2)49)38(54)36(52)27(57-40)22-55-10)25-12-13-28-43(25,7)18-16-32-44(28,8)19-15-30(58-32)41(3,4)60-39-33(46)37(53)35(51)26(21-48)56-39/h25-40,48,50-54H,1,11-22,46H2,2-10H3,(H,47,49). The van der Waals surface area contributed by atoms with Gasteiger partial charge in [0.05, 0.1) is 60.5 Å². The minimum absolute atomic E-state index is 0.0210. The van der Waals surface area contributed by atoms with Crippen molar-refractivity contribution < 1.29 is 68.6 Å². The van der Waals surface area contributed by atoms with E-state index in [4.69, 9.17) is 38.9 Å². The summed E-state index contributed by atoms with van der Waals surface area (Å²) in [6.07, 6.45) is -2.50. The number of nitrogens with one attached hydrogen (secondary N) is 1. The van der Waals surface area contributed by atoms with Crippen LogP contribution in [0.1, 0.15) is 120 Å². The van der Waals surface area contributed by atoms with Gasteiger partial charge in [-0.25, -0.2) is 0 Å². The molecule has 6 rings (SSSR count). The van der Waals surface area contributed by atoms with Crippen LogP contribution in [-0.2, 0) is 38.0 Å². The van der Waals surface area contributed by atoms with Crippen LogP contribution in [0.25, 0.3) is 0 Å². The quantitative estimate of drug-likeness (QED) is 0.110. The molecule has 1 amide bonds. The summed E-state index contributed by atoms with van der Waals surface area (Å²) in [4.78, 5) is 12.0. The highest BCUT2D eigenvalue weighted by molar-refractivity contribution is 5.73. The molecule has 6 aliphatic rings. The van der Waals surface area contributed by atoms with Gasteiger partial charge in [0.15, 0.2) is 12.6 Å². The van der Waals surface area contributed by atoms with Crippen molar-refractivity contribution in [2.75, 3.05) is 20.3 Å². The molecule has 9 N–H and O–H groups in total. The lowest BCUT2D eigenvalue weighted by Gasteiger charge is -2.59. The first-order valence-electron chi connectivity index (χ1n) is 22.6. The van der Waals surface area contributed by atoms with Crippen molar-refractivity contribution in [1.82, 2.24) is 5.32 Å². The predicted octanol–water partition coefficient (Wildman–Crippen LogP) is 1.96. The van der Waals surface area contributed by atoms with Crippen molar-refractivity contribution in [3.05, 3.63) is 12.2 Å². The zero-order valence-corrected chi connectivity index (χ0v) is 38.0. The maximum Gasteiger partial charge on any atom is 0.217 e. The number of aliphatic hydroxyl groups excluding tert-OH is 6. The van der Waals surface area contributed by atoms with Gasteiger partial charge in [-0.1, -0.05) is 26.0 Å². The molecule has 0 spiro atoms. The molecule has 16 nitrogen and oxygen atoms in total. The van der Waals surface area contributed by atoms with Crippen LogP contribution < -0.4 is 11.1 Å². The first-order chi connectivity index (χ1) is 28.4. The third-order valence-corrected chi connectivity index (χ3v) is 16.1. The van der Waals surface area contributed by atoms with E-state index in [1.54, 1.807) is 0 Å². The number of carbonyl (C=O) groups is 1. The Kier molecular flexibility index (Phi) is 14.9. The number of rotatable bonds is 15. The smallest absolute Gasteiger partial charge is 0.217 e. The van der Waals surface area contributed by atoms with Gasteiger partial charge in [-0.3, -0.25) is 4.79 Å². The lowest BCUT2D eigenvalue weighted by atomic mass is 9.51. The van der Waals surface area contributed by atoms with Crippen molar-refractivity contribution in [3.8, 4) is 0 Å². The summed E-state index contributed by atoms with van der Waals surface area (Å²) in [5, 5.41) is 66.5.